The molecule has 4 heteroatoms. The van der Waals surface area contributed by atoms with Crippen LogP contribution in [-0.4, -0.2) is 0 Å². The van der Waals surface area contributed by atoms with Crippen LogP contribution in [0.4, 0.5) is 0 Å². The zero-order valence-electron chi connectivity index (χ0n) is 9.71. The van der Waals surface area contributed by atoms with Gasteiger partial charge in [0.1, 0.15) is 11.5 Å². The van der Waals surface area contributed by atoms with Gasteiger partial charge in [0.15, 0.2) is 0 Å². The summed E-state index contributed by atoms with van der Waals surface area (Å²) >= 11 is 15.3. The van der Waals surface area contributed by atoms with Gasteiger partial charge in [-0.15, -0.1) is 11.6 Å². The molecule has 0 saturated carbocycles. The Labute approximate surface area is 125 Å². The molecule has 2 aromatic carbocycles. The van der Waals surface area contributed by atoms with E-state index in [0.29, 0.717) is 16.7 Å². The van der Waals surface area contributed by atoms with Gasteiger partial charge >= 0.3 is 0 Å². The molecule has 0 aliphatic heterocycles. The van der Waals surface area contributed by atoms with E-state index >= 15 is 0 Å². The lowest BCUT2D eigenvalue weighted by atomic mass is 10.2. The van der Waals surface area contributed by atoms with Crippen LogP contribution in [0.15, 0.2) is 40.9 Å². The normalized spacial score (nSPS) is 10.4. The van der Waals surface area contributed by atoms with E-state index in [1.807, 2.05) is 37.3 Å². The van der Waals surface area contributed by atoms with Gasteiger partial charge in [0.2, 0.25) is 0 Å². The van der Waals surface area contributed by atoms with E-state index in [-0.39, 0.29) is 0 Å². The van der Waals surface area contributed by atoms with Crippen molar-refractivity contribution in [3.63, 3.8) is 0 Å². The summed E-state index contributed by atoms with van der Waals surface area (Å²) in [5, 5.41) is 0.616. The molecule has 0 unspecified atom stereocenters. The molecular formula is C14H11BrCl2O. The number of rotatable bonds is 3. The minimum Gasteiger partial charge on any atom is -0.456 e. The summed E-state index contributed by atoms with van der Waals surface area (Å²) in [4.78, 5) is 0. The van der Waals surface area contributed by atoms with E-state index in [1.54, 1.807) is 6.07 Å². The molecule has 0 aromatic heterocycles. The van der Waals surface area contributed by atoms with Crippen LogP contribution < -0.4 is 4.74 Å². The van der Waals surface area contributed by atoms with Crippen LogP contribution in [0.2, 0.25) is 5.02 Å². The quantitative estimate of drug-likeness (QED) is 0.625. The van der Waals surface area contributed by atoms with Crippen LogP contribution >= 0.6 is 39.1 Å². The number of alkyl halides is 1. The molecule has 0 heterocycles. The summed E-state index contributed by atoms with van der Waals surface area (Å²) in [5.74, 6) is 1.85. The molecule has 1 nitrogen and oxygen atoms in total. The predicted molar refractivity (Wildman–Crippen MR) is 80.0 cm³/mol. The molecule has 0 saturated heterocycles. The number of aryl methyl sites for hydroxylation is 1. The van der Waals surface area contributed by atoms with Crippen molar-refractivity contribution in [2.75, 3.05) is 0 Å². The number of benzene rings is 2. The lowest BCUT2D eigenvalue weighted by molar-refractivity contribution is 0.479. The first-order valence-corrected chi connectivity index (χ1v) is 7.09. The molecule has 0 fully saturated rings. The molecular weight excluding hydrogens is 335 g/mol. The van der Waals surface area contributed by atoms with E-state index < -0.39 is 0 Å². The Balaban J connectivity index is 2.26. The molecule has 18 heavy (non-hydrogen) atoms. The van der Waals surface area contributed by atoms with E-state index in [1.165, 1.54) is 5.56 Å². The van der Waals surface area contributed by atoms with Gasteiger partial charge in [-0.25, -0.2) is 0 Å². The molecule has 0 spiro atoms. The summed E-state index contributed by atoms with van der Waals surface area (Å²) < 4.78 is 6.69. The van der Waals surface area contributed by atoms with E-state index in [9.17, 15) is 0 Å². The van der Waals surface area contributed by atoms with Gasteiger partial charge in [0.05, 0.1) is 4.47 Å². The first kappa shape index (κ1) is 13.7. The molecule has 0 aliphatic carbocycles. The number of halogens is 3. The van der Waals surface area contributed by atoms with Crippen molar-refractivity contribution in [1.82, 2.24) is 0 Å². The Bertz CT molecular complexity index is 570. The predicted octanol–water partition coefficient (Wildman–Crippen LogP) is 5.94. The van der Waals surface area contributed by atoms with Crippen molar-refractivity contribution in [1.29, 1.82) is 0 Å². The Morgan fingerprint density at radius 1 is 1.17 bits per heavy atom. The Hall–Kier alpha value is -0.700. The minimum atomic E-state index is 0.396. The molecule has 0 radical (unpaired) electrons. The number of ether oxygens (including phenoxy) is 1. The average molecular weight is 346 g/mol. The molecule has 2 aromatic rings. The fourth-order valence-electron chi connectivity index (χ4n) is 1.52. The van der Waals surface area contributed by atoms with Crippen molar-refractivity contribution in [2.45, 2.75) is 12.8 Å². The highest BCUT2D eigenvalue weighted by molar-refractivity contribution is 9.10. The highest BCUT2D eigenvalue weighted by Crippen LogP contribution is 2.32. The number of hydrogen-bond acceptors (Lipinski definition) is 1. The van der Waals surface area contributed by atoms with Crippen LogP contribution in [0, 0.1) is 6.92 Å². The van der Waals surface area contributed by atoms with Crippen LogP contribution in [0.25, 0.3) is 0 Å². The standard InChI is InChI=1S/C14H11BrCl2O/c1-9-2-5-14(12(15)6-9)18-11-4-3-10(8-16)13(17)7-11/h2-7H,8H2,1H3. The molecule has 0 amide bonds. The second-order valence-corrected chi connectivity index (χ2v) is 5.45. The van der Waals surface area contributed by atoms with Gasteiger partial charge in [-0.05, 0) is 58.2 Å². The van der Waals surface area contributed by atoms with E-state index in [2.05, 4.69) is 15.9 Å². The first-order chi connectivity index (χ1) is 8.60. The summed E-state index contributed by atoms with van der Waals surface area (Å²) in [7, 11) is 0. The second-order valence-electron chi connectivity index (χ2n) is 3.92. The molecule has 0 N–H and O–H groups in total. The minimum absolute atomic E-state index is 0.396. The molecule has 0 atom stereocenters. The lowest BCUT2D eigenvalue weighted by Crippen LogP contribution is -1.88. The zero-order chi connectivity index (χ0) is 13.1. The maximum atomic E-state index is 6.08. The zero-order valence-corrected chi connectivity index (χ0v) is 12.8. The van der Waals surface area contributed by atoms with Crippen LogP contribution in [0.5, 0.6) is 11.5 Å². The lowest BCUT2D eigenvalue weighted by Gasteiger charge is -2.09. The van der Waals surface area contributed by atoms with Crippen molar-refractivity contribution in [2.24, 2.45) is 0 Å². The third-order valence-electron chi connectivity index (χ3n) is 2.48. The largest absolute Gasteiger partial charge is 0.456 e. The van der Waals surface area contributed by atoms with Crippen LogP contribution in [0.3, 0.4) is 0 Å². The van der Waals surface area contributed by atoms with Crippen LogP contribution in [0.1, 0.15) is 11.1 Å². The summed E-state index contributed by atoms with van der Waals surface area (Å²) in [6.45, 7) is 2.03. The maximum Gasteiger partial charge on any atom is 0.141 e. The van der Waals surface area contributed by atoms with Gasteiger partial charge in [0, 0.05) is 10.9 Å². The van der Waals surface area contributed by atoms with Crippen molar-refractivity contribution in [3.05, 3.63) is 57.0 Å². The van der Waals surface area contributed by atoms with Crippen molar-refractivity contribution in [3.8, 4) is 11.5 Å². The average Bonchev–Trinajstić information content (AvgIpc) is 2.33. The Morgan fingerprint density at radius 3 is 2.56 bits per heavy atom. The summed E-state index contributed by atoms with van der Waals surface area (Å²) in [6, 6.07) is 11.4. The van der Waals surface area contributed by atoms with Gasteiger partial charge in [-0.2, -0.15) is 0 Å². The van der Waals surface area contributed by atoms with Crippen molar-refractivity contribution < 1.29 is 4.74 Å². The van der Waals surface area contributed by atoms with Gasteiger partial charge < -0.3 is 4.74 Å². The van der Waals surface area contributed by atoms with Gasteiger partial charge in [-0.1, -0.05) is 23.7 Å². The molecule has 94 valence electrons. The monoisotopic (exact) mass is 344 g/mol. The van der Waals surface area contributed by atoms with E-state index in [4.69, 9.17) is 27.9 Å². The topological polar surface area (TPSA) is 9.23 Å². The van der Waals surface area contributed by atoms with Gasteiger partial charge in [-0.3, -0.25) is 0 Å². The third kappa shape index (κ3) is 3.19. The fraction of sp³-hybridized carbons (Fsp3) is 0.143. The first-order valence-electron chi connectivity index (χ1n) is 5.38. The maximum absolute atomic E-state index is 6.08. The number of hydrogen-bond donors (Lipinski definition) is 0. The highest BCUT2D eigenvalue weighted by Gasteiger charge is 2.05. The third-order valence-corrected chi connectivity index (χ3v) is 3.74. The van der Waals surface area contributed by atoms with Crippen molar-refractivity contribution >= 4 is 39.1 Å². The molecule has 0 bridgehead atoms. The molecule has 2 rings (SSSR count). The van der Waals surface area contributed by atoms with Crippen LogP contribution in [-0.2, 0) is 5.88 Å². The smallest absolute Gasteiger partial charge is 0.141 e. The molecule has 0 aliphatic rings. The summed E-state index contributed by atoms with van der Waals surface area (Å²) in [5.41, 5.74) is 2.07. The van der Waals surface area contributed by atoms with Gasteiger partial charge in [0.25, 0.3) is 0 Å². The highest BCUT2D eigenvalue weighted by atomic mass is 79.9. The Kier molecular flexibility index (Phi) is 4.55. The fourth-order valence-corrected chi connectivity index (χ4v) is 2.63. The second kappa shape index (κ2) is 5.96. The SMILES string of the molecule is Cc1ccc(Oc2ccc(CCl)c(Cl)c2)c(Br)c1. The summed E-state index contributed by atoms with van der Waals surface area (Å²) in [6.07, 6.45) is 0. The Morgan fingerprint density at radius 2 is 1.94 bits per heavy atom. The van der Waals surface area contributed by atoms with E-state index in [0.717, 1.165) is 15.8 Å².